The molecule has 5 unspecified atom stereocenters. The number of para-hydroxylation sites is 1. The Bertz CT molecular complexity index is 1850. The Morgan fingerprint density at radius 1 is 1.00 bits per heavy atom. The molecule has 3 aliphatic carbocycles. The van der Waals surface area contributed by atoms with Gasteiger partial charge in [-0.05, 0) is 101 Å². The third-order valence-electron chi connectivity index (χ3n) is 11.3. The van der Waals surface area contributed by atoms with Crippen molar-refractivity contribution in [2.75, 3.05) is 13.2 Å². The summed E-state index contributed by atoms with van der Waals surface area (Å²) in [6.07, 6.45) is 9.29. The molecule has 3 N–H and O–H groups in total. The predicted molar refractivity (Wildman–Crippen MR) is 206 cm³/mol. The summed E-state index contributed by atoms with van der Waals surface area (Å²) in [4.78, 5) is 55.9. The van der Waals surface area contributed by atoms with Gasteiger partial charge in [0.1, 0.15) is 35.7 Å². The highest BCUT2D eigenvalue weighted by Gasteiger charge is 2.64. The predicted octanol–water partition coefficient (Wildman–Crippen LogP) is 5.39. The van der Waals surface area contributed by atoms with Crippen LogP contribution in [0.3, 0.4) is 0 Å². The van der Waals surface area contributed by atoms with E-state index >= 15 is 0 Å². The summed E-state index contributed by atoms with van der Waals surface area (Å²) in [5, 5.41) is 23.1. The number of carbonyl (C=O) groups is 4. The van der Waals surface area contributed by atoms with Gasteiger partial charge < -0.3 is 39.4 Å². The van der Waals surface area contributed by atoms with Crippen molar-refractivity contribution in [1.29, 1.82) is 0 Å². The van der Waals surface area contributed by atoms with Crippen LogP contribution in [-0.4, -0.2) is 93.8 Å². The molecule has 2 aromatic rings. The first-order chi connectivity index (χ1) is 26.8. The molecule has 2 saturated heterocycles. The molecule has 12 nitrogen and oxygen atoms in total. The molecule has 5 atom stereocenters. The smallest absolute Gasteiger partial charge is 0.339 e. The summed E-state index contributed by atoms with van der Waals surface area (Å²) in [7, 11) is 0. The van der Waals surface area contributed by atoms with Gasteiger partial charge in [-0.1, -0.05) is 48.6 Å². The van der Waals surface area contributed by atoms with Crippen molar-refractivity contribution in [2.24, 2.45) is 11.8 Å². The molecule has 0 radical (unpaired) electrons. The van der Waals surface area contributed by atoms with Crippen LogP contribution >= 0.6 is 0 Å². The topological polar surface area (TPSA) is 161 Å². The fourth-order valence-electron chi connectivity index (χ4n) is 8.24. The maximum absolute atomic E-state index is 14.4. The number of carbonyl (C=O) groups excluding carboxylic acids is 4. The van der Waals surface area contributed by atoms with Crippen molar-refractivity contribution in [1.82, 2.24) is 10.2 Å². The molecule has 0 bridgehead atoms. The number of aromatic hydroxyl groups is 1. The number of phenolic OH excluding ortho intramolecular Hbond substituents is 1. The fourth-order valence-corrected chi connectivity index (χ4v) is 8.24. The van der Waals surface area contributed by atoms with Gasteiger partial charge in [0.25, 0.3) is 0 Å². The summed E-state index contributed by atoms with van der Waals surface area (Å²) in [5.74, 6) is -1.77. The van der Waals surface area contributed by atoms with E-state index in [0.29, 0.717) is 42.5 Å². The van der Waals surface area contributed by atoms with E-state index in [2.05, 4.69) is 5.32 Å². The van der Waals surface area contributed by atoms with Crippen LogP contribution in [0, 0.1) is 11.8 Å². The number of fused-ring (bicyclic) bond motifs is 1. The summed E-state index contributed by atoms with van der Waals surface area (Å²) in [6, 6.07) is 12.8. The van der Waals surface area contributed by atoms with Crippen LogP contribution in [0.5, 0.6) is 5.75 Å². The van der Waals surface area contributed by atoms with Gasteiger partial charge in [-0.3, -0.25) is 14.4 Å². The average molecular weight is 771 g/mol. The number of likely N-dealkylation sites (tertiary alicyclic amines) is 1. The van der Waals surface area contributed by atoms with Gasteiger partial charge in [-0.2, -0.15) is 0 Å². The van der Waals surface area contributed by atoms with E-state index in [4.69, 9.17) is 18.9 Å². The molecule has 300 valence electrons. The maximum Gasteiger partial charge on any atom is 0.339 e. The first kappa shape index (κ1) is 39.7. The van der Waals surface area contributed by atoms with E-state index < -0.39 is 59.6 Å². The van der Waals surface area contributed by atoms with E-state index in [-0.39, 0.29) is 49.4 Å². The molecule has 56 heavy (non-hydrogen) atoms. The third-order valence-corrected chi connectivity index (χ3v) is 11.3. The monoisotopic (exact) mass is 770 g/mol. The SMILES string of the molecule is CC(C)(C)OC(=O)CCC(CO)NC(=O)C1CCCN1C(=O)C1=CC2OC(C3CC3)(C3CC3)OC2C(OC(=O)c2ccccc2C=CCc2ccccc2O)C1. The Morgan fingerprint density at radius 2 is 1.71 bits per heavy atom. The number of rotatable bonds is 14. The van der Waals surface area contributed by atoms with Crippen LogP contribution in [0.4, 0.5) is 0 Å². The summed E-state index contributed by atoms with van der Waals surface area (Å²) < 4.78 is 25.3. The van der Waals surface area contributed by atoms with Gasteiger partial charge in [-0.15, -0.1) is 0 Å². The molecule has 2 amide bonds. The van der Waals surface area contributed by atoms with Crippen LogP contribution in [0.15, 0.2) is 66.3 Å². The lowest BCUT2D eigenvalue weighted by atomic mass is 9.91. The Hall–Kier alpha value is -4.52. The molecule has 2 aromatic carbocycles. The van der Waals surface area contributed by atoms with Crippen LogP contribution in [-0.2, 0) is 39.8 Å². The summed E-state index contributed by atoms with van der Waals surface area (Å²) in [6.45, 7) is 5.32. The number of phenols is 1. The molecule has 2 saturated carbocycles. The van der Waals surface area contributed by atoms with Crippen molar-refractivity contribution in [3.63, 3.8) is 0 Å². The van der Waals surface area contributed by atoms with Gasteiger partial charge >= 0.3 is 11.9 Å². The molecule has 4 fully saturated rings. The van der Waals surface area contributed by atoms with E-state index in [1.54, 1.807) is 49.9 Å². The number of nitrogens with zero attached hydrogens (tertiary/aromatic N) is 1. The number of esters is 2. The maximum atomic E-state index is 14.4. The van der Waals surface area contributed by atoms with Crippen molar-refractivity contribution in [3.05, 3.63) is 82.9 Å². The lowest BCUT2D eigenvalue weighted by Crippen LogP contribution is -2.51. The van der Waals surface area contributed by atoms with Crippen molar-refractivity contribution in [2.45, 2.75) is 127 Å². The van der Waals surface area contributed by atoms with Crippen molar-refractivity contribution < 1.29 is 48.3 Å². The van der Waals surface area contributed by atoms with Crippen LogP contribution < -0.4 is 5.32 Å². The first-order valence-electron chi connectivity index (χ1n) is 20.1. The molecule has 2 aliphatic heterocycles. The number of amides is 2. The first-order valence-corrected chi connectivity index (χ1v) is 20.1. The minimum Gasteiger partial charge on any atom is -0.508 e. The largest absolute Gasteiger partial charge is 0.508 e. The van der Waals surface area contributed by atoms with Gasteiger partial charge in [0.2, 0.25) is 11.8 Å². The zero-order valence-corrected chi connectivity index (χ0v) is 32.5. The number of hydrogen-bond donors (Lipinski definition) is 3. The minimum absolute atomic E-state index is 0.0237. The molecular formula is C44H54N2O10. The second-order valence-electron chi connectivity index (χ2n) is 16.8. The zero-order chi connectivity index (χ0) is 39.6. The lowest BCUT2D eigenvalue weighted by Gasteiger charge is -2.33. The van der Waals surface area contributed by atoms with E-state index in [1.165, 1.54) is 0 Å². The molecule has 2 heterocycles. The zero-order valence-electron chi connectivity index (χ0n) is 32.5. The van der Waals surface area contributed by atoms with Gasteiger partial charge in [0, 0.05) is 36.8 Å². The van der Waals surface area contributed by atoms with Crippen molar-refractivity contribution in [3.8, 4) is 5.75 Å². The Kier molecular flexibility index (Phi) is 11.7. The molecule has 12 heteroatoms. The van der Waals surface area contributed by atoms with E-state index in [1.807, 2.05) is 42.5 Å². The van der Waals surface area contributed by atoms with Crippen molar-refractivity contribution >= 4 is 29.8 Å². The summed E-state index contributed by atoms with van der Waals surface area (Å²) >= 11 is 0. The van der Waals surface area contributed by atoms with Gasteiger partial charge in [-0.25, -0.2) is 4.79 Å². The standard InChI is InChI=1S/C44H54N2O10/c1-43(2,3)55-38(49)22-21-32(26-47)45-40(50)34-15-9-23-46(34)41(51)29-24-36(39-37(25-29)54-44(56-39,30-17-18-30)31-19-20-31)53-42(52)33-14-6-4-10-27(33)12-8-13-28-11-5-7-16-35(28)48/h4-8,10-12,14,16,25,30-32,34,36-37,39,47-48H,9,13,15,17-24,26H2,1-3H3,(H,45,50). The Labute approximate surface area is 328 Å². The molecule has 7 rings (SSSR count). The highest BCUT2D eigenvalue weighted by molar-refractivity contribution is 5.98. The summed E-state index contributed by atoms with van der Waals surface area (Å²) in [5.41, 5.74) is 1.53. The number of aliphatic hydroxyl groups is 1. The van der Waals surface area contributed by atoms with Gasteiger partial charge in [0.15, 0.2) is 5.79 Å². The third kappa shape index (κ3) is 9.03. The lowest BCUT2D eigenvalue weighted by molar-refractivity contribution is -0.209. The van der Waals surface area contributed by atoms with Crippen LogP contribution in [0.25, 0.3) is 6.08 Å². The fraction of sp³-hybridized carbons (Fsp3) is 0.545. The molecule has 0 aromatic heterocycles. The normalized spacial score (nSPS) is 25.0. The molecule has 0 spiro atoms. The average Bonchev–Trinajstić information content (AvgIpc) is 4.11. The van der Waals surface area contributed by atoms with Crippen LogP contribution in [0.1, 0.15) is 100 Å². The van der Waals surface area contributed by atoms with E-state index in [9.17, 15) is 29.4 Å². The Balaban J connectivity index is 1.07. The van der Waals surface area contributed by atoms with E-state index in [0.717, 1.165) is 31.2 Å². The number of hydrogen-bond acceptors (Lipinski definition) is 10. The molecular weight excluding hydrogens is 716 g/mol. The second kappa shape index (κ2) is 16.5. The Morgan fingerprint density at radius 3 is 2.41 bits per heavy atom. The quantitative estimate of drug-likeness (QED) is 0.213. The van der Waals surface area contributed by atoms with Crippen LogP contribution in [0.2, 0.25) is 0 Å². The number of nitrogens with one attached hydrogen (secondary N) is 1. The highest BCUT2D eigenvalue weighted by Crippen LogP contribution is 2.59. The number of allylic oxidation sites excluding steroid dienone is 1. The second-order valence-corrected chi connectivity index (χ2v) is 16.8. The molecule has 5 aliphatic rings. The highest BCUT2D eigenvalue weighted by atomic mass is 16.8. The number of aliphatic hydroxyl groups excluding tert-OH is 1. The number of ether oxygens (including phenoxy) is 4. The minimum atomic E-state index is -0.823. The van der Waals surface area contributed by atoms with Gasteiger partial charge in [0.05, 0.1) is 18.2 Å². The number of benzene rings is 2.